The molecular formula is C4H8N4S. The van der Waals surface area contributed by atoms with E-state index in [-0.39, 0.29) is 5.50 Å². The maximum absolute atomic E-state index is 5.40. The highest BCUT2D eigenvalue weighted by molar-refractivity contribution is 8.03. The summed E-state index contributed by atoms with van der Waals surface area (Å²) in [6.07, 6.45) is 1.59. The summed E-state index contributed by atoms with van der Waals surface area (Å²) in [5, 5.41) is 0.620. The van der Waals surface area contributed by atoms with E-state index in [1.54, 1.807) is 6.08 Å². The Balaban J connectivity index is 2.74. The summed E-state index contributed by atoms with van der Waals surface area (Å²) in [6.45, 7) is 0. The standard InChI is InChI=1S/C4H8N4S/c5-2-1-3(6)9-4(7)8-2/h1,4H,6-7H2,(H2,5,8). The molecule has 0 fully saturated rings. The van der Waals surface area contributed by atoms with Crippen LogP contribution in [0.15, 0.2) is 16.1 Å². The molecule has 0 aliphatic carbocycles. The van der Waals surface area contributed by atoms with E-state index in [1.807, 2.05) is 0 Å². The van der Waals surface area contributed by atoms with Gasteiger partial charge in [0.25, 0.3) is 0 Å². The van der Waals surface area contributed by atoms with Gasteiger partial charge < -0.3 is 17.2 Å². The summed E-state index contributed by atoms with van der Waals surface area (Å²) in [5.74, 6) is 0.402. The van der Waals surface area contributed by atoms with Crippen molar-refractivity contribution in [1.82, 2.24) is 0 Å². The van der Waals surface area contributed by atoms with Gasteiger partial charge in [-0.15, -0.1) is 0 Å². The van der Waals surface area contributed by atoms with Crippen molar-refractivity contribution in [2.24, 2.45) is 22.2 Å². The van der Waals surface area contributed by atoms with Crippen molar-refractivity contribution in [2.45, 2.75) is 5.50 Å². The molecule has 50 valence electrons. The number of amidine groups is 1. The first-order chi connectivity index (χ1) is 4.18. The van der Waals surface area contributed by atoms with Crippen LogP contribution in [-0.4, -0.2) is 11.3 Å². The van der Waals surface area contributed by atoms with E-state index in [1.165, 1.54) is 11.8 Å². The highest BCUT2D eigenvalue weighted by Crippen LogP contribution is 2.17. The van der Waals surface area contributed by atoms with Gasteiger partial charge in [-0.1, -0.05) is 11.8 Å². The molecular weight excluding hydrogens is 136 g/mol. The first kappa shape index (κ1) is 6.44. The lowest BCUT2D eigenvalue weighted by molar-refractivity contribution is 0.982. The van der Waals surface area contributed by atoms with Gasteiger partial charge in [-0.25, -0.2) is 4.99 Å². The van der Waals surface area contributed by atoms with Crippen LogP contribution in [0.4, 0.5) is 0 Å². The summed E-state index contributed by atoms with van der Waals surface area (Å²) < 4.78 is 0. The molecule has 0 spiro atoms. The van der Waals surface area contributed by atoms with Crippen molar-refractivity contribution >= 4 is 17.6 Å². The molecule has 0 aromatic rings. The summed E-state index contributed by atoms with van der Waals surface area (Å²) in [7, 11) is 0. The molecule has 1 aliphatic heterocycles. The van der Waals surface area contributed by atoms with Gasteiger partial charge in [0.05, 0.1) is 5.03 Å². The maximum atomic E-state index is 5.40. The maximum Gasteiger partial charge on any atom is 0.152 e. The SMILES string of the molecule is NC1=CC(N)=NC(N)S1. The smallest absolute Gasteiger partial charge is 0.152 e. The van der Waals surface area contributed by atoms with Gasteiger partial charge >= 0.3 is 0 Å². The van der Waals surface area contributed by atoms with Crippen LogP contribution in [0.25, 0.3) is 0 Å². The number of thioether (sulfide) groups is 1. The van der Waals surface area contributed by atoms with Crippen molar-refractivity contribution in [3.05, 3.63) is 11.1 Å². The van der Waals surface area contributed by atoms with E-state index in [9.17, 15) is 0 Å². The summed E-state index contributed by atoms with van der Waals surface area (Å²) in [6, 6.07) is 0. The second kappa shape index (κ2) is 2.28. The topological polar surface area (TPSA) is 90.4 Å². The Morgan fingerprint density at radius 1 is 1.56 bits per heavy atom. The number of hydrogen-bond acceptors (Lipinski definition) is 5. The van der Waals surface area contributed by atoms with Gasteiger partial charge in [0.1, 0.15) is 5.84 Å². The number of hydrogen-bond donors (Lipinski definition) is 3. The van der Waals surface area contributed by atoms with Crippen molar-refractivity contribution in [3.8, 4) is 0 Å². The second-order valence-corrected chi connectivity index (χ2v) is 2.80. The Labute approximate surface area is 57.2 Å². The third kappa shape index (κ3) is 1.62. The predicted octanol–water partition coefficient (Wildman–Crippen LogP) is -0.867. The number of nitrogens with two attached hydrogens (primary N) is 3. The van der Waals surface area contributed by atoms with Gasteiger partial charge in [0, 0.05) is 6.08 Å². The van der Waals surface area contributed by atoms with Crippen LogP contribution in [0.5, 0.6) is 0 Å². The predicted molar refractivity (Wildman–Crippen MR) is 39.5 cm³/mol. The molecule has 0 bridgehead atoms. The lowest BCUT2D eigenvalue weighted by Gasteiger charge is -2.11. The molecule has 1 rings (SSSR count). The summed E-state index contributed by atoms with van der Waals surface area (Å²) >= 11 is 1.29. The Kier molecular flexibility index (Phi) is 1.63. The normalized spacial score (nSPS) is 27.0. The van der Waals surface area contributed by atoms with E-state index in [2.05, 4.69) is 4.99 Å². The second-order valence-electron chi connectivity index (χ2n) is 1.61. The van der Waals surface area contributed by atoms with E-state index in [0.29, 0.717) is 10.9 Å². The Hall–Kier alpha value is -0.680. The fourth-order valence-electron chi connectivity index (χ4n) is 0.530. The zero-order valence-electron chi connectivity index (χ0n) is 4.74. The van der Waals surface area contributed by atoms with Crippen molar-refractivity contribution in [1.29, 1.82) is 0 Å². The molecule has 1 atom stereocenters. The molecule has 0 saturated heterocycles. The third-order valence-electron chi connectivity index (χ3n) is 0.823. The lowest BCUT2D eigenvalue weighted by atomic mass is 10.5. The molecule has 0 amide bonds. The van der Waals surface area contributed by atoms with Gasteiger partial charge in [0.2, 0.25) is 0 Å². The van der Waals surface area contributed by atoms with E-state index >= 15 is 0 Å². The first-order valence-electron chi connectivity index (χ1n) is 2.41. The van der Waals surface area contributed by atoms with Gasteiger partial charge in [-0.05, 0) is 0 Å². The monoisotopic (exact) mass is 144 g/mol. The van der Waals surface area contributed by atoms with Gasteiger partial charge in [0.15, 0.2) is 5.50 Å². The minimum atomic E-state index is -0.324. The molecule has 5 heteroatoms. The highest BCUT2D eigenvalue weighted by Gasteiger charge is 2.07. The molecule has 1 unspecified atom stereocenters. The summed E-state index contributed by atoms with van der Waals surface area (Å²) in [4.78, 5) is 3.81. The average molecular weight is 144 g/mol. The molecule has 4 nitrogen and oxygen atoms in total. The zero-order valence-corrected chi connectivity index (χ0v) is 5.56. The molecule has 0 radical (unpaired) electrons. The molecule has 6 N–H and O–H groups in total. The van der Waals surface area contributed by atoms with Crippen LogP contribution in [0.2, 0.25) is 0 Å². The Morgan fingerprint density at radius 2 is 2.22 bits per heavy atom. The van der Waals surface area contributed by atoms with Crippen molar-refractivity contribution < 1.29 is 0 Å². The number of rotatable bonds is 0. The van der Waals surface area contributed by atoms with Crippen LogP contribution in [0, 0.1) is 0 Å². The fraction of sp³-hybridized carbons (Fsp3) is 0.250. The minimum Gasteiger partial charge on any atom is -0.393 e. The van der Waals surface area contributed by atoms with Crippen molar-refractivity contribution in [2.75, 3.05) is 0 Å². The fourth-order valence-corrected chi connectivity index (χ4v) is 1.17. The molecule has 1 heterocycles. The zero-order chi connectivity index (χ0) is 6.85. The third-order valence-corrected chi connectivity index (χ3v) is 1.56. The van der Waals surface area contributed by atoms with Crippen LogP contribution in [0.1, 0.15) is 0 Å². The lowest BCUT2D eigenvalue weighted by Crippen LogP contribution is -2.24. The largest absolute Gasteiger partial charge is 0.393 e. The van der Waals surface area contributed by atoms with Crippen LogP contribution in [-0.2, 0) is 0 Å². The Morgan fingerprint density at radius 3 is 2.67 bits per heavy atom. The Bertz CT molecular complexity index is 173. The van der Waals surface area contributed by atoms with Crippen LogP contribution in [0.3, 0.4) is 0 Å². The van der Waals surface area contributed by atoms with Gasteiger partial charge in [-0.3, -0.25) is 0 Å². The molecule has 0 saturated carbocycles. The highest BCUT2D eigenvalue weighted by atomic mass is 32.2. The summed E-state index contributed by atoms with van der Waals surface area (Å²) in [5.41, 5.74) is 15.8. The van der Waals surface area contributed by atoms with E-state index < -0.39 is 0 Å². The van der Waals surface area contributed by atoms with E-state index in [0.717, 1.165) is 0 Å². The van der Waals surface area contributed by atoms with E-state index in [4.69, 9.17) is 17.2 Å². The minimum absolute atomic E-state index is 0.324. The molecule has 9 heavy (non-hydrogen) atoms. The van der Waals surface area contributed by atoms with Crippen molar-refractivity contribution in [3.63, 3.8) is 0 Å². The average Bonchev–Trinajstić information content (AvgIpc) is 1.59. The molecule has 0 aromatic carbocycles. The van der Waals surface area contributed by atoms with Crippen LogP contribution < -0.4 is 17.2 Å². The number of nitrogens with zero attached hydrogens (tertiary/aromatic N) is 1. The molecule has 0 aromatic heterocycles. The molecule has 1 aliphatic rings. The number of aliphatic imine (C=N–C) groups is 1. The van der Waals surface area contributed by atoms with Gasteiger partial charge in [-0.2, -0.15) is 0 Å². The van der Waals surface area contributed by atoms with Crippen LogP contribution >= 0.6 is 11.8 Å². The first-order valence-corrected chi connectivity index (χ1v) is 3.29. The quantitative estimate of drug-likeness (QED) is 0.412.